The Hall–Kier alpha value is -1.34. The molecule has 1 unspecified atom stereocenters. The second-order valence-corrected chi connectivity index (χ2v) is 9.04. The van der Waals surface area contributed by atoms with Crippen molar-refractivity contribution >= 4 is 12.0 Å². The van der Waals surface area contributed by atoms with Crippen molar-refractivity contribution < 1.29 is 24.2 Å². The van der Waals surface area contributed by atoms with Crippen molar-refractivity contribution in [1.82, 2.24) is 9.80 Å². The van der Waals surface area contributed by atoms with E-state index in [1.165, 1.54) is 0 Å². The zero-order valence-corrected chi connectivity index (χ0v) is 16.3. The van der Waals surface area contributed by atoms with Crippen molar-refractivity contribution in [3.8, 4) is 0 Å². The Bertz CT molecular complexity index is 553. The van der Waals surface area contributed by atoms with Gasteiger partial charge in [-0.1, -0.05) is 12.8 Å². The molecule has 1 atom stereocenters. The van der Waals surface area contributed by atoms with Crippen molar-refractivity contribution in [1.29, 1.82) is 0 Å². The van der Waals surface area contributed by atoms with E-state index in [2.05, 4.69) is 0 Å². The maximum absolute atomic E-state index is 12.5. The number of hydrogen-bond acceptors (Lipinski definition) is 5. The van der Waals surface area contributed by atoms with Gasteiger partial charge in [-0.2, -0.15) is 0 Å². The number of ether oxygens (including phenoxy) is 2. The summed E-state index contributed by atoms with van der Waals surface area (Å²) in [5.41, 5.74) is -1.86. The summed E-state index contributed by atoms with van der Waals surface area (Å²) in [4.78, 5) is 28.2. The molecule has 26 heavy (non-hydrogen) atoms. The maximum atomic E-state index is 12.5. The van der Waals surface area contributed by atoms with Crippen LogP contribution in [0.4, 0.5) is 4.79 Å². The number of carbonyl (C=O) groups is 2. The predicted octanol–water partition coefficient (Wildman–Crippen LogP) is 1.78. The Balaban J connectivity index is 1.75. The molecule has 2 heterocycles. The highest BCUT2D eigenvalue weighted by atomic mass is 16.6. The number of nitrogens with zero attached hydrogens (tertiary/aromatic N) is 2. The number of piperidine rings is 1. The SMILES string of the molecule is CC(C)(C)OC(=O)N1CCC(O)(CN2CCOCC2=O)C2(CCCC2)C1. The Labute approximate surface area is 155 Å². The first-order valence-corrected chi connectivity index (χ1v) is 9.70. The van der Waals surface area contributed by atoms with E-state index in [9.17, 15) is 14.7 Å². The molecular weight excluding hydrogens is 336 g/mol. The first-order valence-electron chi connectivity index (χ1n) is 9.70. The molecule has 0 bridgehead atoms. The topological polar surface area (TPSA) is 79.3 Å². The molecule has 2 amide bonds. The molecule has 7 nitrogen and oxygen atoms in total. The fraction of sp³-hybridized carbons (Fsp3) is 0.895. The largest absolute Gasteiger partial charge is 0.444 e. The number of likely N-dealkylation sites (tertiary alicyclic amines) is 1. The van der Waals surface area contributed by atoms with E-state index in [-0.39, 0.29) is 24.0 Å². The number of amides is 2. The normalized spacial score (nSPS) is 29.3. The molecule has 1 N–H and O–H groups in total. The molecule has 7 heteroatoms. The summed E-state index contributed by atoms with van der Waals surface area (Å²) in [5, 5.41) is 11.6. The van der Waals surface area contributed by atoms with Gasteiger partial charge in [0.2, 0.25) is 5.91 Å². The van der Waals surface area contributed by atoms with Gasteiger partial charge in [-0.3, -0.25) is 4.79 Å². The van der Waals surface area contributed by atoms with E-state index in [0.29, 0.717) is 39.2 Å². The summed E-state index contributed by atoms with van der Waals surface area (Å²) < 4.78 is 10.7. The summed E-state index contributed by atoms with van der Waals surface area (Å²) >= 11 is 0. The summed E-state index contributed by atoms with van der Waals surface area (Å²) in [5.74, 6) is -0.0626. The molecule has 2 aliphatic heterocycles. The number of hydrogen-bond donors (Lipinski definition) is 1. The summed E-state index contributed by atoms with van der Waals surface area (Å²) in [6.07, 6.45) is 4.00. The van der Waals surface area contributed by atoms with E-state index < -0.39 is 11.2 Å². The molecule has 0 aromatic heterocycles. The number of carbonyl (C=O) groups excluding carboxylic acids is 2. The third-order valence-electron chi connectivity index (χ3n) is 6.02. The summed E-state index contributed by atoms with van der Waals surface area (Å²) in [6, 6.07) is 0. The van der Waals surface area contributed by atoms with Crippen molar-refractivity contribution in [2.24, 2.45) is 5.41 Å². The molecular formula is C19H32N2O5. The lowest BCUT2D eigenvalue weighted by atomic mass is 9.65. The van der Waals surface area contributed by atoms with Crippen molar-refractivity contribution in [3.05, 3.63) is 0 Å². The first kappa shape index (κ1) is 19.4. The van der Waals surface area contributed by atoms with Gasteiger partial charge in [-0.05, 0) is 40.0 Å². The Morgan fingerprint density at radius 2 is 1.92 bits per heavy atom. The van der Waals surface area contributed by atoms with Gasteiger partial charge in [0.15, 0.2) is 0 Å². The minimum Gasteiger partial charge on any atom is -0.444 e. The summed E-state index contributed by atoms with van der Waals surface area (Å²) in [6.45, 7) is 7.99. The lowest BCUT2D eigenvalue weighted by Gasteiger charge is -2.53. The third-order valence-corrected chi connectivity index (χ3v) is 6.02. The average molecular weight is 368 g/mol. The van der Waals surface area contributed by atoms with Crippen molar-refractivity contribution in [2.75, 3.05) is 39.4 Å². The van der Waals surface area contributed by atoms with E-state index in [4.69, 9.17) is 9.47 Å². The van der Waals surface area contributed by atoms with Gasteiger partial charge in [0.1, 0.15) is 12.2 Å². The molecule has 3 aliphatic rings. The van der Waals surface area contributed by atoms with Crippen LogP contribution in [-0.4, -0.2) is 77.5 Å². The summed E-state index contributed by atoms with van der Waals surface area (Å²) in [7, 11) is 0. The Morgan fingerprint density at radius 3 is 2.54 bits per heavy atom. The van der Waals surface area contributed by atoms with Crippen LogP contribution < -0.4 is 0 Å². The Kier molecular flexibility index (Phi) is 5.23. The van der Waals surface area contributed by atoms with Gasteiger partial charge < -0.3 is 24.4 Å². The zero-order chi connectivity index (χ0) is 19.0. The van der Waals surface area contributed by atoms with Crippen LogP contribution in [0.15, 0.2) is 0 Å². The van der Waals surface area contributed by atoms with Crippen LogP contribution in [0.2, 0.25) is 0 Å². The number of β-amino-alcohol motifs (C(OH)–C–C–N with tert-alkyl or cyclic N) is 1. The molecule has 1 aliphatic carbocycles. The standard InChI is InChI=1S/C19H32N2O5/c1-17(2,3)26-16(23)21-9-8-19(24,18(13-21)6-4-5-7-18)14-20-10-11-25-12-15(20)22/h24H,4-14H2,1-3H3. The number of rotatable bonds is 2. The smallest absolute Gasteiger partial charge is 0.410 e. The molecule has 1 saturated carbocycles. The van der Waals surface area contributed by atoms with Crippen LogP contribution in [0.5, 0.6) is 0 Å². The first-order chi connectivity index (χ1) is 12.1. The minimum absolute atomic E-state index is 0.0626. The molecule has 3 fully saturated rings. The monoisotopic (exact) mass is 368 g/mol. The molecule has 148 valence electrons. The van der Waals surface area contributed by atoms with E-state index in [1.807, 2.05) is 20.8 Å². The van der Waals surface area contributed by atoms with E-state index in [0.717, 1.165) is 25.7 Å². The average Bonchev–Trinajstić information content (AvgIpc) is 3.01. The number of aliphatic hydroxyl groups is 1. The molecule has 0 aromatic carbocycles. The highest BCUT2D eigenvalue weighted by molar-refractivity contribution is 5.78. The van der Waals surface area contributed by atoms with Crippen LogP contribution in [0.1, 0.15) is 52.9 Å². The molecule has 3 rings (SSSR count). The van der Waals surface area contributed by atoms with E-state index >= 15 is 0 Å². The zero-order valence-electron chi connectivity index (χ0n) is 16.3. The van der Waals surface area contributed by atoms with Crippen LogP contribution in [0.3, 0.4) is 0 Å². The van der Waals surface area contributed by atoms with Gasteiger partial charge in [0, 0.05) is 25.0 Å². The lowest BCUT2D eigenvalue weighted by Crippen LogP contribution is -2.65. The van der Waals surface area contributed by atoms with Gasteiger partial charge in [0.25, 0.3) is 0 Å². The van der Waals surface area contributed by atoms with E-state index in [1.54, 1.807) is 9.80 Å². The maximum Gasteiger partial charge on any atom is 0.410 e. The molecule has 2 saturated heterocycles. The van der Waals surface area contributed by atoms with Crippen LogP contribution in [0, 0.1) is 5.41 Å². The molecule has 0 aromatic rings. The lowest BCUT2D eigenvalue weighted by molar-refractivity contribution is -0.166. The third kappa shape index (κ3) is 3.83. The van der Waals surface area contributed by atoms with Crippen LogP contribution in [0.25, 0.3) is 0 Å². The van der Waals surface area contributed by atoms with Gasteiger partial charge in [0.05, 0.1) is 18.8 Å². The fourth-order valence-electron chi connectivity index (χ4n) is 4.61. The van der Waals surface area contributed by atoms with Crippen LogP contribution >= 0.6 is 0 Å². The second kappa shape index (κ2) is 7.00. The van der Waals surface area contributed by atoms with Crippen LogP contribution in [-0.2, 0) is 14.3 Å². The predicted molar refractivity (Wildman–Crippen MR) is 95.7 cm³/mol. The van der Waals surface area contributed by atoms with Gasteiger partial charge >= 0.3 is 6.09 Å². The quantitative estimate of drug-likeness (QED) is 0.804. The molecule has 0 radical (unpaired) electrons. The highest BCUT2D eigenvalue weighted by Gasteiger charge is 2.56. The number of morpholine rings is 1. The molecule has 1 spiro atoms. The fourth-order valence-corrected chi connectivity index (χ4v) is 4.61. The van der Waals surface area contributed by atoms with Gasteiger partial charge in [-0.15, -0.1) is 0 Å². The highest BCUT2D eigenvalue weighted by Crippen LogP contribution is 2.51. The van der Waals surface area contributed by atoms with Crippen molar-refractivity contribution in [3.63, 3.8) is 0 Å². The van der Waals surface area contributed by atoms with Crippen molar-refractivity contribution in [2.45, 2.75) is 64.1 Å². The van der Waals surface area contributed by atoms with Gasteiger partial charge in [-0.25, -0.2) is 4.79 Å². The second-order valence-electron chi connectivity index (χ2n) is 9.04. The minimum atomic E-state index is -0.963. The Morgan fingerprint density at radius 1 is 1.23 bits per heavy atom.